The van der Waals surface area contributed by atoms with Crippen molar-refractivity contribution in [1.82, 2.24) is 14.8 Å². The summed E-state index contributed by atoms with van der Waals surface area (Å²) in [4.78, 5) is 20.3. The van der Waals surface area contributed by atoms with Gasteiger partial charge in [-0.05, 0) is 26.6 Å². The highest BCUT2D eigenvalue weighted by molar-refractivity contribution is 5.99. The molecular weight excluding hydrogens is 258 g/mol. The van der Waals surface area contributed by atoms with Gasteiger partial charge in [-0.15, -0.1) is 0 Å². The summed E-state index contributed by atoms with van der Waals surface area (Å²) in [6.45, 7) is 1.06. The second-order valence-corrected chi connectivity index (χ2v) is 5.33. The lowest BCUT2D eigenvalue weighted by molar-refractivity contribution is 0.0699. The number of nitrogens with zero attached hydrogens (tertiary/aromatic N) is 3. The Morgan fingerprint density at radius 1 is 1.65 bits per heavy atom. The first-order valence-electron chi connectivity index (χ1n) is 6.57. The van der Waals surface area contributed by atoms with E-state index in [-0.39, 0.29) is 11.9 Å². The third kappa shape index (κ3) is 3.06. The molecule has 20 heavy (non-hydrogen) atoms. The monoisotopic (exact) mass is 279 g/mol. The minimum absolute atomic E-state index is 0.00155. The number of carbonyl (C=O) groups excluding carboxylic acids is 1. The second-order valence-electron chi connectivity index (χ2n) is 5.33. The molecule has 1 aromatic heterocycles. The number of hydrogen-bond donors (Lipinski definition) is 3. The van der Waals surface area contributed by atoms with Crippen molar-refractivity contribution in [2.75, 3.05) is 32.6 Å². The third-order valence-electron chi connectivity index (χ3n) is 3.44. The van der Waals surface area contributed by atoms with Crippen LogP contribution in [0.15, 0.2) is 18.5 Å². The van der Waals surface area contributed by atoms with Crippen LogP contribution in [0, 0.1) is 0 Å². The lowest BCUT2D eigenvalue weighted by Crippen LogP contribution is -2.41. The summed E-state index contributed by atoms with van der Waals surface area (Å²) < 4.78 is 0. The Labute approximate surface area is 118 Å². The van der Waals surface area contributed by atoms with Gasteiger partial charge in [0, 0.05) is 31.5 Å². The first-order chi connectivity index (χ1) is 9.52. The van der Waals surface area contributed by atoms with Crippen LogP contribution in [0.25, 0.3) is 0 Å². The largest absolute Gasteiger partial charge is 0.391 e. The van der Waals surface area contributed by atoms with Crippen LogP contribution in [-0.4, -0.2) is 65.1 Å². The van der Waals surface area contributed by atoms with Gasteiger partial charge in [-0.25, -0.2) is 0 Å². The number of likely N-dealkylation sites (N-methyl/N-ethyl adjacent to an activating group) is 1. The van der Waals surface area contributed by atoms with Gasteiger partial charge in [0.15, 0.2) is 0 Å². The van der Waals surface area contributed by atoms with E-state index in [1.807, 2.05) is 19.0 Å². The van der Waals surface area contributed by atoms with Gasteiger partial charge in [0.2, 0.25) is 0 Å². The molecule has 1 aliphatic rings. The molecule has 4 N–H and O–H groups in total. The lowest BCUT2D eigenvalue weighted by atomic mass is 10.1. The predicted molar refractivity (Wildman–Crippen MR) is 76.0 cm³/mol. The van der Waals surface area contributed by atoms with E-state index in [9.17, 15) is 9.90 Å². The van der Waals surface area contributed by atoms with E-state index in [1.165, 1.54) is 6.20 Å². The number of β-amino-alcohol motifs (C(OH)–C–C–N with tert-alkyl or cyclic N) is 1. The maximum absolute atomic E-state index is 12.6. The Balaban J connectivity index is 2.22. The summed E-state index contributed by atoms with van der Waals surface area (Å²) in [5, 5.41) is 9.84. The van der Waals surface area contributed by atoms with Gasteiger partial charge in [0.05, 0.1) is 17.4 Å². The molecule has 0 radical (unpaired) electrons. The van der Waals surface area contributed by atoms with Gasteiger partial charge < -0.3 is 20.3 Å². The minimum atomic E-state index is -0.477. The highest BCUT2D eigenvalue weighted by Crippen LogP contribution is 2.23. The summed E-state index contributed by atoms with van der Waals surface area (Å²) in [7, 11) is 3.90. The zero-order valence-electron chi connectivity index (χ0n) is 11.8. The zero-order chi connectivity index (χ0) is 14.7. The van der Waals surface area contributed by atoms with Crippen LogP contribution in [0.2, 0.25) is 0 Å². The van der Waals surface area contributed by atoms with Crippen molar-refractivity contribution in [3.63, 3.8) is 0 Å². The maximum Gasteiger partial charge on any atom is 0.257 e. The van der Waals surface area contributed by atoms with E-state index in [4.69, 9.17) is 5.84 Å². The molecule has 2 atom stereocenters. The molecule has 2 heterocycles. The standard InChI is InChI=1S/C13H21N5O2/c1-17(2)7-9-5-10(19)8-18(9)13(20)11-6-15-4-3-12(11)16-14/h3-4,6,9-10,19H,5,7-8,14H2,1-2H3,(H,15,16). The van der Waals surface area contributed by atoms with Crippen LogP contribution >= 0.6 is 0 Å². The fourth-order valence-electron chi connectivity index (χ4n) is 2.58. The summed E-state index contributed by atoms with van der Waals surface area (Å²) in [5.74, 6) is 5.27. The van der Waals surface area contributed by atoms with E-state index in [1.54, 1.807) is 17.2 Å². The fraction of sp³-hybridized carbons (Fsp3) is 0.538. The molecule has 0 bridgehead atoms. The summed E-state index contributed by atoms with van der Waals surface area (Å²) in [6.07, 6.45) is 3.18. The highest BCUT2D eigenvalue weighted by atomic mass is 16.3. The number of likely N-dealkylation sites (tertiary alicyclic amines) is 1. The summed E-state index contributed by atoms with van der Waals surface area (Å²) in [6, 6.07) is 1.65. The molecule has 7 heteroatoms. The van der Waals surface area contributed by atoms with Crippen molar-refractivity contribution >= 4 is 11.6 Å². The Bertz CT molecular complexity index is 480. The van der Waals surface area contributed by atoms with Crippen molar-refractivity contribution in [2.45, 2.75) is 18.6 Å². The molecule has 0 saturated carbocycles. The molecule has 0 spiro atoms. The van der Waals surface area contributed by atoms with Crippen molar-refractivity contribution in [1.29, 1.82) is 0 Å². The number of rotatable bonds is 4. The quantitative estimate of drug-likeness (QED) is 0.508. The summed E-state index contributed by atoms with van der Waals surface area (Å²) >= 11 is 0. The Morgan fingerprint density at radius 3 is 3.05 bits per heavy atom. The minimum Gasteiger partial charge on any atom is -0.391 e. The number of hydrazine groups is 1. The van der Waals surface area contributed by atoms with Gasteiger partial charge >= 0.3 is 0 Å². The van der Waals surface area contributed by atoms with Crippen LogP contribution < -0.4 is 11.3 Å². The van der Waals surface area contributed by atoms with Gasteiger partial charge in [0.1, 0.15) is 0 Å². The number of pyridine rings is 1. The molecule has 0 aromatic carbocycles. The van der Waals surface area contributed by atoms with Gasteiger partial charge in [0.25, 0.3) is 5.91 Å². The number of amides is 1. The van der Waals surface area contributed by atoms with Gasteiger partial charge in [-0.2, -0.15) is 0 Å². The average Bonchev–Trinajstić information content (AvgIpc) is 2.77. The molecule has 110 valence electrons. The summed E-state index contributed by atoms with van der Waals surface area (Å²) in [5.41, 5.74) is 3.47. The molecule has 2 unspecified atom stereocenters. The third-order valence-corrected chi connectivity index (χ3v) is 3.44. The van der Waals surface area contributed by atoms with Crippen LogP contribution in [-0.2, 0) is 0 Å². The van der Waals surface area contributed by atoms with E-state index in [0.29, 0.717) is 30.8 Å². The number of nitrogens with one attached hydrogen (secondary N) is 1. The lowest BCUT2D eigenvalue weighted by Gasteiger charge is -2.27. The molecule has 1 fully saturated rings. The molecule has 1 amide bonds. The number of carbonyl (C=O) groups is 1. The van der Waals surface area contributed by atoms with Gasteiger partial charge in [-0.1, -0.05) is 0 Å². The molecule has 1 aromatic rings. The van der Waals surface area contributed by atoms with E-state index >= 15 is 0 Å². The maximum atomic E-state index is 12.6. The average molecular weight is 279 g/mol. The molecule has 1 aliphatic heterocycles. The van der Waals surface area contributed by atoms with E-state index < -0.39 is 6.10 Å². The molecule has 7 nitrogen and oxygen atoms in total. The molecule has 0 aliphatic carbocycles. The smallest absolute Gasteiger partial charge is 0.257 e. The SMILES string of the molecule is CN(C)CC1CC(O)CN1C(=O)c1cnccc1NN. The van der Waals surface area contributed by atoms with Crippen molar-refractivity contribution in [3.05, 3.63) is 24.0 Å². The molecule has 2 rings (SSSR count). The first-order valence-corrected chi connectivity index (χ1v) is 6.57. The Kier molecular flexibility index (Phi) is 4.53. The first kappa shape index (κ1) is 14.7. The topological polar surface area (TPSA) is 94.7 Å². The van der Waals surface area contributed by atoms with Crippen LogP contribution in [0.5, 0.6) is 0 Å². The number of hydrogen-bond acceptors (Lipinski definition) is 6. The van der Waals surface area contributed by atoms with Crippen molar-refractivity contribution in [3.8, 4) is 0 Å². The zero-order valence-corrected chi connectivity index (χ0v) is 11.8. The second kappa shape index (κ2) is 6.17. The van der Waals surface area contributed by atoms with Gasteiger partial charge in [-0.3, -0.25) is 15.6 Å². The number of anilines is 1. The Morgan fingerprint density at radius 2 is 2.40 bits per heavy atom. The number of aliphatic hydroxyl groups is 1. The number of aliphatic hydroxyl groups excluding tert-OH is 1. The van der Waals surface area contributed by atoms with Crippen LogP contribution in [0.1, 0.15) is 16.8 Å². The number of nitrogens with two attached hydrogens (primary N) is 1. The highest BCUT2D eigenvalue weighted by Gasteiger charge is 2.35. The molecular formula is C13H21N5O2. The predicted octanol–water partition coefficient (Wildman–Crippen LogP) is -0.496. The van der Waals surface area contributed by atoms with Crippen molar-refractivity contribution < 1.29 is 9.90 Å². The molecule has 1 saturated heterocycles. The fourth-order valence-corrected chi connectivity index (χ4v) is 2.58. The van der Waals surface area contributed by atoms with E-state index in [0.717, 1.165) is 0 Å². The number of aromatic nitrogens is 1. The normalized spacial score (nSPS) is 22.4. The number of nitrogen functional groups attached to an aromatic ring is 1. The van der Waals surface area contributed by atoms with Crippen LogP contribution in [0.4, 0.5) is 5.69 Å². The Hall–Kier alpha value is -1.70. The van der Waals surface area contributed by atoms with E-state index in [2.05, 4.69) is 10.4 Å². The van der Waals surface area contributed by atoms with Crippen LogP contribution in [0.3, 0.4) is 0 Å². The van der Waals surface area contributed by atoms with Crippen molar-refractivity contribution in [2.24, 2.45) is 5.84 Å².